The quantitative estimate of drug-likeness (QED) is 0.359. The predicted octanol–water partition coefficient (Wildman–Crippen LogP) is 0.267. The monoisotopic (exact) mass is 155 g/mol. The molecule has 0 spiro atoms. The lowest BCUT2D eigenvalue weighted by Gasteiger charge is -1.94. The molecular formula is C7H7O4. The van der Waals surface area contributed by atoms with E-state index in [1.165, 1.54) is 6.29 Å². The van der Waals surface area contributed by atoms with Crippen LogP contribution >= 0.6 is 0 Å². The summed E-state index contributed by atoms with van der Waals surface area (Å²) in [5.41, 5.74) is 0. The first-order chi connectivity index (χ1) is 5.20. The number of rotatable bonds is 4. The molecule has 0 aromatic rings. The van der Waals surface area contributed by atoms with Gasteiger partial charge in [-0.05, 0) is 6.08 Å². The third-order valence-electron chi connectivity index (χ3n) is 0.774. The SMILES string of the molecule is C=CC(=O)OCC=C(O)[C]=O. The van der Waals surface area contributed by atoms with E-state index in [1.54, 1.807) is 0 Å². The van der Waals surface area contributed by atoms with E-state index < -0.39 is 11.7 Å². The Morgan fingerprint density at radius 2 is 2.36 bits per heavy atom. The standard InChI is InChI=1S/C7H7O4/c1-2-7(10)11-4-3-6(9)5-8/h2-3,9H,1,4H2. The van der Waals surface area contributed by atoms with Gasteiger partial charge in [-0.2, -0.15) is 0 Å². The molecule has 0 rings (SSSR count). The number of aliphatic hydroxyl groups excluding tert-OH is 1. The zero-order valence-corrected chi connectivity index (χ0v) is 5.74. The van der Waals surface area contributed by atoms with Gasteiger partial charge in [0.2, 0.25) is 0 Å². The average Bonchev–Trinajstić information content (AvgIpc) is 2.04. The third-order valence-corrected chi connectivity index (χ3v) is 0.774. The Kier molecular flexibility index (Phi) is 4.47. The van der Waals surface area contributed by atoms with Crippen LogP contribution in [0.2, 0.25) is 0 Å². The van der Waals surface area contributed by atoms with Crippen LogP contribution in [-0.4, -0.2) is 24.0 Å². The molecular weight excluding hydrogens is 148 g/mol. The van der Waals surface area contributed by atoms with Gasteiger partial charge in [-0.1, -0.05) is 6.58 Å². The molecule has 0 unspecified atom stereocenters. The molecule has 0 atom stereocenters. The molecule has 4 nitrogen and oxygen atoms in total. The Morgan fingerprint density at radius 1 is 1.73 bits per heavy atom. The highest BCUT2D eigenvalue weighted by Gasteiger charge is 1.93. The van der Waals surface area contributed by atoms with Gasteiger partial charge in [0.05, 0.1) is 0 Å². The number of aliphatic hydroxyl groups is 1. The van der Waals surface area contributed by atoms with E-state index in [9.17, 15) is 9.59 Å². The van der Waals surface area contributed by atoms with Gasteiger partial charge in [0.25, 0.3) is 6.29 Å². The number of esters is 1. The van der Waals surface area contributed by atoms with E-state index in [2.05, 4.69) is 11.3 Å². The van der Waals surface area contributed by atoms with Gasteiger partial charge in [-0.3, -0.25) is 4.79 Å². The Labute approximate surface area is 63.8 Å². The fourth-order valence-electron chi connectivity index (χ4n) is 0.303. The average molecular weight is 155 g/mol. The first kappa shape index (κ1) is 9.42. The molecule has 0 saturated heterocycles. The van der Waals surface area contributed by atoms with E-state index in [0.717, 1.165) is 12.2 Å². The van der Waals surface area contributed by atoms with Gasteiger partial charge in [-0.25, -0.2) is 4.79 Å². The minimum Gasteiger partial charge on any atom is -0.504 e. The molecule has 0 aliphatic heterocycles. The molecule has 0 saturated carbocycles. The largest absolute Gasteiger partial charge is 0.504 e. The summed E-state index contributed by atoms with van der Waals surface area (Å²) in [6, 6.07) is 0. The fraction of sp³-hybridized carbons (Fsp3) is 0.143. The first-order valence-electron chi connectivity index (χ1n) is 2.77. The first-order valence-corrected chi connectivity index (χ1v) is 2.77. The lowest BCUT2D eigenvalue weighted by atomic mass is 10.5. The van der Waals surface area contributed by atoms with Gasteiger partial charge in [0.1, 0.15) is 6.61 Å². The summed E-state index contributed by atoms with van der Waals surface area (Å²) >= 11 is 0. The highest BCUT2D eigenvalue weighted by Crippen LogP contribution is 1.84. The van der Waals surface area contributed by atoms with Crippen molar-refractivity contribution in [3.63, 3.8) is 0 Å². The number of hydrogen-bond acceptors (Lipinski definition) is 4. The van der Waals surface area contributed by atoms with Crippen LogP contribution in [0.3, 0.4) is 0 Å². The van der Waals surface area contributed by atoms with Crippen molar-refractivity contribution in [3.05, 3.63) is 24.5 Å². The summed E-state index contributed by atoms with van der Waals surface area (Å²) in [5.74, 6) is -1.19. The Hall–Kier alpha value is -1.58. The molecule has 0 fully saturated rings. The normalized spacial score (nSPS) is 10.4. The van der Waals surface area contributed by atoms with Crippen molar-refractivity contribution in [2.75, 3.05) is 6.61 Å². The number of ether oxygens (including phenoxy) is 1. The Bertz CT molecular complexity index is 193. The summed E-state index contributed by atoms with van der Waals surface area (Å²) in [6.45, 7) is 2.98. The molecule has 11 heavy (non-hydrogen) atoms. The van der Waals surface area contributed by atoms with Crippen molar-refractivity contribution in [3.8, 4) is 0 Å². The van der Waals surface area contributed by atoms with E-state index in [1.807, 2.05) is 0 Å². The van der Waals surface area contributed by atoms with Crippen molar-refractivity contribution < 1.29 is 19.4 Å². The van der Waals surface area contributed by atoms with Crippen LogP contribution in [-0.2, 0) is 14.3 Å². The number of carbonyl (C=O) groups is 1. The zero-order valence-electron chi connectivity index (χ0n) is 5.74. The Balaban J connectivity index is 3.64. The summed E-state index contributed by atoms with van der Waals surface area (Å²) < 4.78 is 4.39. The maximum atomic E-state index is 10.3. The second-order valence-electron chi connectivity index (χ2n) is 1.53. The third kappa shape index (κ3) is 4.90. The lowest BCUT2D eigenvalue weighted by molar-refractivity contribution is -0.136. The lowest BCUT2D eigenvalue weighted by Crippen LogP contribution is -2.00. The van der Waals surface area contributed by atoms with Crippen molar-refractivity contribution in [1.29, 1.82) is 0 Å². The summed E-state index contributed by atoms with van der Waals surface area (Å²) in [5, 5.41) is 8.46. The maximum Gasteiger partial charge on any atom is 0.330 e. The van der Waals surface area contributed by atoms with Gasteiger partial charge in [-0.15, -0.1) is 0 Å². The van der Waals surface area contributed by atoms with Crippen LogP contribution in [0.15, 0.2) is 24.5 Å². The second kappa shape index (κ2) is 5.22. The number of hydrogen-bond donors (Lipinski definition) is 1. The van der Waals surface area contributed by atoms with Crippen molar-refractivity contribution >= 4 is 12.3 Å². The molecule has 0 heterocycles. The fourth-order valence-corrected chi connectivity index (χ4v) is 0.303. The van der Waals surface area contributed by atoms with Gasteiger partial charge < -0.3 is 9.84 Å². The van der Waals surface area contributed by atoms with E-state index in [0.29, 0.717) is 0 Å². The molecule has 0 bridgehead atoms. The molecule has 1 radical (unpaired) electrons. The molecule has 0 aromatic heterocycles. The summed E-state index contributed by atoms with van der Waals surface area (Å²) in [7, 11) is 0. The van der Waals surface area contributed by atoms with Crippen LogP contribution < -0.4 is 0 Å². The Morgan fingerprint density at radius 3 is 2.82 bits per heavy atom. The van der Waals surface area contributed by atoms with Crippen molar-refractivity contribution in [2.24, 2.45) is 0 Å². The minimum absolute atomic E-state index is 0.161. The van der Waals surface area contributed by atoms with Gasteiger partial charge in [0, 0.05) is 6.08 Å². The zero-order chi connectivity index (χ0) is 8.69. The van der Waals surface area contributed by atoms with E-state index >= 15 is 0 Å². The van der Waals surface area contributed by atoms with Gasteiger partial charge >= 0.3 is 5.97 Å². The second-order valence-corrected chi connectivity index (χ2v) is 1.53. The molecule has 1 N–H and O–H groups in total. The minimum atomic E-state index is -0.611. The molecule has 59 valence electrons. The molecule has 0 amide bonds. The van der Waals surface area contributed by atoms with Crippen LogP contribution in [0.4, 0.5) is 0 Å². The van der Waals surface area contributed by atoms with Crippen LogP contribution in [0.5, 0.6) is 0 Å². The smallest absolute Gasteiger partial charge is 0.330 e. The summed E-state index contributed by atoms with van der Waals surface area (Å²) in [6.07, 6.45) is 3.21. The highest BCUT2D eigenvalue weighted by atomic mass is 16.5. The van der Waals surface area contributed by atoms with Crippen LogP contribution in [0, 0.1) is 0 Å². The summed E-state index contributed by atoms with van der Waals surface area (Å²) in [4.78, 5) is 20.0. The van der Waals surface area contributed by atoms with Crippen molar-refractivity contribution in [2.45, 2.75) is 0 Å². The highest BCUT2D eigenvalue weighted by molar-refractivity contribution is 5.81. The predicted molar refractivity (Wildman–Crippen MR) is 37.6 cm³/mol. The van der Waals surface area contributed by atoms with Crippen LogP contribution in [0.25, 0.3) is 0 Å². The van der Waals surface area contributed by atoms with Gasteiger partial charge in [0.15, 0.2) is 5.76 Å². The molecule has 4 heteroatoms. The maximum absolute atomic E-state index is 10.3. The molecule has 0 aromatic carbocycles. The van der Waals surface area contributed by atoms with E-state index in [4.69, 9.17) is 5.11 Å². The number of allylic oxidation sites excluding steroid dienone is 1. The van der Waals surface area contributed by atoms with Crippen molar-refractivity contribution in [1.82, 2.24) is 0 Å². The topological polar surface area (TPSA) is 63.6 Å². The number of carbonyl (C=O) groups excluding carboxylic acids is 2. The van der Waals surface area contributed by atoms with E-state index in [-0.39, 0.29) is 6.61 Å². The van der Waals surface area contributed by atoms with Crippen LogP contribution in [0.1, 0.15) is 0 Å². The molecule has 0 aliphatic rings. The molecule has 0 aliphatic carbocycles.